The van der Waals surface area contributed by atoms with Crippen molar-refractivity contribution in [2.75, 3.05) is 0 Å². The molecule has 1 N–H and O–H groups in total. The quantitative estimate of drug-likeness (QED) is 0.910. The summed E-state index contributed by atoms with van der Waals surface area (Å²) in [6, 6.07) is 0. The maximum absolute atomic E-state index is 4.41. The van der Waals surface area contributed by atoms with Crippen LogP contribution in [0.3, 0.4) is 0 Å². The first-order valence-electron chi connectivity index (χ1n) is 5.20. The molecule has 0 saturated carbocycles. The third kappa shape index (κ3) is 2.87. The zero-order valence-electron chi connectivity index (χ0n) is 9.70. The van der Waals surface area contributed by atoms with Gasteiger partial charge in [0.2, 0.25) is 0 Å². The highest BCUT2D eigenvalue weighted by molar-refractivity contribution is 7.11. The van der Waals surface area contributed by atoms with Crippen LogP contribution in [0.15, 0.2) is 5.38 Å². The normalized spacial score (nSPS) is 10.9. The molecule has 0 unspecified atom stereocenters. The van der Waals surface area contributed by atoms with Gasteiger partial charge < -0.3 is 5.32 Å². The molecular weight excluding hydrogens is 238 g/mol. The van der Waals surface area contributed by atoms with Gasteiger partial charge in [0.1, 0.15) is 0 Å². The lowest BCUT2D eigenvalue weighted by Gasteiger charge is -2.00. The highest BCUT2D eigenvalue weighted by Crippen LogP contribution is 2.16. The molecule has 0 aliphatic carbocycles. The van der Waals surface area contributed by atoms with E-state index in [1.54, 1.807) is 22.7 Å². The van der Waals surface area contributed by atoms with Gasteiger partial charge in [-0.1, -0.05) is 0 Å². The maximum Gasteiger partial charge on any atom is 0.0900 e. The molecule has 3 nitrogen and oxygen atoms in total. The third-order valence-corrected chi connectivity index (χ3v) is 4.15. The van der Waals surface area contributed by atoms with Crippen LogP contribution in [-0.2, 0) is 13.1 Å². The van der Waals surface area contributed by atoms with Crippen molar-refractivity contribution >= 4 is 22.7 Å². The minimum atomic E-state index is 0.834. The maximum atomic E-state index is 4.41. The average Bonchev–Trinajstić information content (AvgIpc) is 2.74. The van der Waals surface area contributed by atoms with Gasteiger partial charge in [-0.15, -0.1) is 22.7 Å². The SMILES string of the molecule is Cc1nc(CNCc2sc(C)nc2C)cs1. The van der Waals surface area contributed by atoms with Crippen molar-refractivity contribution in [3.8, 4) is 0 Å². The second kappa shape index (κ2) is 5.03. The van der Waals surface area contributed by atoms with Crippen LogP contribution in [-0.4, -0.2) is 9.97 Å². The Morgan fingerprint density at radius 1 is 1.12 bits per heavy atom. The lowest BCUT2D eigenvalue weighted by Crippen LogP contribution is -2.12. The predicted octanol–water partition coefficient (Wildman–Crippen LogP) is 2.81. The molecule has 0 aliphatic heterocycles. The Morgan fingerprint density at radius 2 is 1.94 bits per heavy atom. The van der Waals surface area contributed by atoms with Crippen molar-refractivity contribution in [1.29, 1.82) is 0 Å². The molecule has 0 aromatic carbocycles. The van der Waals surface area contributed by atoms with Gasteiger partial charge in [-0.3, -0.25) is 0 Å². The van der Waals surface area contributed by atoms with Crippen LogP contribution in [0.25, 0.3) is 0 Å². The highest BCUT2D eigenvalue weighted by Gasteiger charge is 2.04. The minimum Gasteiger partial charge on any atom is -0.306 e. The summed E-state index contributed by atoms with van der Waals surface area (Å²) in [5, 5.41) is 7.77. The van der Waals surface area contributed by atoms with E-state index in [1.165, 1.54) is 4.88 Å². The van der Waals surface area contributed by atoms with E-state index in [9.17, 15) is 0 Å². The number of aryl methyl sites for hydroxylation is 3. The first-order valence-corrected chi connectivity index (χ1v) is 6.89. The Labute approximate surface area is 104 Å². The zero-order chi connectivity index (χ0) is 11.5. The Bertz CT molecular complexity index is 473. The fourth-order valence-electron chi connectivity index (χ4n) is 1.53. The number of rotatable bonds is 4. The van der Waals surface area contributed by atoms with Crippen molar-refractivity contribution < 1.29 is 0 Å². The fourth-order valence-corrected chi connectivity index (χ4v) is 3.05. The molecule has 2 aromatic rings. The van der Waals surface area contributed by atoms with E-state index < -0.39 is 0 Å². The smallest absolute Gasteiger partial charge is 0.0900 e. The molecule has 0 saturated heterocycles. The van der Waals surface area contributed by atoms with E-state index in [4.69, 9.17) is 0 Å². The average molecular weight is 253 g/mol. The Hall–Kier alpha value is -0.780. The van der Waals surface area contributed by atoms with E-state index in [-0.39, 0.29) is 0 Å². The van der Waals surface area contributed by atoms with Crippen LogP contribution in [0.2, 0.25) is 0 Å². The Kier molecular flexibility index (Phi) is 3.68. The third-order valence-electron chi connectivity index (χ3n) is 2.26. The van der Waals surface area contributed by atoms with Crippen LogP contribution >= 0.6 is 22.7 Å². The number of hydrogen-bond acceptors (Lipinski definition) is 5. The Balaban J connectivity index is 1.86. The number of nitrogens with one attached hydrogen (secondary N) is 1. The van der Waals surface area contributed by atoms with Crippen molar-refractivity contribution in [2.45, 2.75) is 33.9 Å². The molecule has 5 heteroatoms. The summed E-state index contributed by atoms with van der Waals surface area (Å²) in [5.41, 5.74) is 2.27. The van der Waals surface area contributed by atoms with Gasteiger partial charge >= 0.3 is 0 Å². The summed E-state index contributed by atoms with van der Waals surface area (Å²) in [5.74, 6) is 0. The highest BCUT2D eigenvalue weighted by atomic mass is 32.1. The topological polar surface area (TPSA) is 37.8 Å². The summed E-state index contributed by atoms with van der Waals surface area (Å²) < 4.78 is 0. The van der Waals surface area contributed by atoms with Gasteiger partial charge in [0.25, 0.3) is 0 Å². The first-order chi connectivity index (χ1) is 7.65. The molecule has 0 bridgehead atoms. The molecule has 0 aliphatic rings. The standard InChI is InChI=1S/C11H15N3S2/c1-7-11(16-9(3)13-7)5-12-4-10-6-15-8(2)14-10/h6,12H,4-5H2,1-3H3. The molecule has 2 heterocycles. The van der Waals surface area contributed by atoms with Crippen molar-refractivity contribution in [2.24, 2.45) is 0 Å². The van der Waals surface area contributed by atoms with E-state index >= 15 is 0 Å². The summed E-state index contributed by atoms with van der Waals surface area (Å²) in [7, 11) is 0. The molecule has 16 heavy (non-hydrogen) atoms. The van der Waals surface area contributed by atoms with Crippen LogP contribution in [0.5, 0.6) is 0 Å². The zero-order valence-corrected chi connectivity index (χ0v) is 11.3. The lowest BCUT2D eigenvalue weighted by molar-refractivity contribution is 0.685. The van der Waals surface area contributed by atoms with E-state index in [0.29, 0.717) is 0 Å². The van der Waals surface area contributed by atoms with Gasteiger partial charge in [0.15, 0.2) is 0 Å². The number of nitrogens with zero attached hydrogens (tertiary/aromatic N) is 2. The molecule has 0 radical (unpaired) electrons. The minimum absolute atomic E-state index is 0.834. The van der Waals surface area contributed by atoms with Gasteiger partial charge in [-0.25, -0.2) is 9.97 Å². The number of thiazole rings is 2. The largest absolute Gasteiger partial charge is 0.306 e. The van der Waals surface area contributed by atoms with Crippen LogP contribution in [0.1, 0.15) is 26.3 Å². The second-order valence-corrected chi connectivity index (χ2v) is 6.05. The Morgan fingerprint density at radius 3 is 2.50 bits per heavy atom. The van der Waals surface area contributed by atoms with Crippen LogP contribution in [0, 0.1) is 20.8 Å². The van der Waals surface area contributed by atoms with Gasteiger partial charge in [0.05, 0.1) is 21.4 Å². The monoisotopic (exact) mass is 253 g/mol. The van der Waals surface area contributed by atoms with Crippen LogP contribution in [0.4, 0.5) is 0 Å². The molecule has 0 fully saturated rings. The second-order valence-electron chi connectivity index (χ2n) is 3.70. The van der Waals surface area contributed by atoms with Gasteiger partial charge in [-0.2, -0.15) is 0 Å². The van der Waals surface area contributed by atoms with Crippen molar-refractivity contribution in [3.63, 3.8) is 0 Å². The molecule has 0 atom stereocenters. The molecule has 0 amide bonds. The first kappa shape index (κ1) is 11.7. The lowest BCUT2D eigenvalue weighted by atomic mass is 10.4. The number of hydrogen-bond donors (Lipinski definition) is 1. The van der Waals surface area contributed by atoms with Crippen molar-refractivity contribution in [3.05, 3.63) is 31.7 Å². The van der Waals surface area contributed by atoms with E-state index in [0.717, 1.165) is 34.5 Å². The van der Waals surface area contributed by atoms with Crippen molar-refractivity contribution in [1.82, 2.24) is 15.3 Å². The summed E-state index contributed by atoms with van der Waals surface area (Å²) in [4.78, 5) is 10.1. The molecule has 0 spiro atoms. The summed E-state index contributed by atoms with van der Waals surface area (Å²) in [6.07, 6.45) is 0. The summed E-state index contributed by atoms with van der Waals surface area (Å²) >= 11 is 3.46. The number of aromatic nitrogens is 2. The fraction of sp³-hybridized carbons (Fsp3) is 0.455. The molecule has 2 aromatic heterocycles. The van der Waals surface area contributed by atoms with E-state index in [2.05, 4.69) is 27.6 Å². The molecule has 86 valence electrons. The van der Waals surface area contributed by atoms with Gasteiger partial charge in [-0.05, 0) is 20.8 Å². The van der Waals surface area contributed by atoms with E-state index in [1.807, 2.05) is 13.8 Å². The molecular formula is C11H15N3S2. The van der Waals surface area contributed by atoms with Gasteiger partial charge in [0, 0.05) is 23.3 Å². The van der Waals surface area contributed by atoms with Crippen LogP contribution < -0.4 is 5.32 Å². The summed E-state index contributed by atoms with van der Waals surface area (Å²) in [6.45, 7) is 7.86. The molecule has 2 rings (SSSR count). The predicted molar refractivity (Wildman–Crippen MR) is 69.0 cm³/mol.